The summed E-state index contributed by atoms with van der Waals surface area (Å²) in [6.07, 6.45) is 0. The van der Waals surface area contributed by atoms with Crippen LogP contribution in [-0.4, -0.2) is 5.71 Å². The highest BCUT2D eigenvalue weighted by Gasteiger charge is 2.46. The van der Waals surface area contributed by atoms with Crippen molar-refractivity contribution in [2.24, 2.45) is 10.5 Å². The maximum absolute atomic E-state index is 5.23. The van der Waals surface area contributed by atoms with Crippen molar-refractivity contribution in [2.75, 3.05) is 10.3 Å². The number of aryl methyl sites for hydroxylation is 3. The first-order valence-electron chi connectivity index (χ1n) is 12.7. The number of nitrogens with zero attached hydrogens (tertiary/aromatic N) is 2. The molecule has 1 aliphatic rings. The number of hydrazone groups is 1. The zero-order valence-electron chi connectivity index (χ0n) is 21.9. The van der Waals surface area contributed by atoms with E-state index in [1.165, 1.54) is 39.1 Å². The largest absolute Gasteiger partial charge is 0.381 e. The van der Waals surface area contributed by atoms with Crippen LogP contribution < -0.4 is 10.3 Å². The Hall–Kier alpha value is -3.85. The van der Waals surface area contributed by atoms with Crippen molar-refractivity contribution in [3.63, 3.8) is 0 Å². The van der Waals surface area contributed by atoms with Crippen molar-refractivity contribution in [2.45, 2.75) is 47.2 Å². The van der Waals surface area contributed by atoms with E-state index in [1.54, 1.807) is 0 Å². The Balaban J connectivity index is 1.45. The van der Waals surface area contributed by atoms with E-state index in [1.807, 2.05) is 0 Å². The van der Waals surface area contributed by atoms with Crippen LogP contribution in [0.2, 0.25) is 0 Å². The molecule has 182 valence electrons. The Morgan fingerprint density at radius 1 is 0.778 bits per heavy atom. The Morgan fingerprint density at radius 3 is 1.97 bits per heavy atom. The Kier molecular flexibility index (Phi) is 6.40. The van der Waals surface area contributed by atoms with Gasteiger partial charge in [0.25, 0.3) is 0 Å². The predicted molar refractivity (Wildman–Crippen MR) is 153 cm³/mol. The van der Waals surface area contributed by atoms with Crippen molar-refractivity contribution in [1.82, 2.24) is 0 Å². The molecule has 4 aromatic rings. The number of benzene rings is 4. The number of anilines is 2. The van der Waals surface area contributed by atoms with E-state index in [9.17, 15) is 0 Å². The fourth-order valence-electron chi connectivity index (χ4n) is 5.57. The van der Waals surface area contributed by atoms with Crippen LogP contribution in [0.1, 0.15) is 53.3 Å². The van der Waals surface area contributed by atoms with Gasteiger partial charge in [0, 0.05) is 17.6 Å². The normalized spacial score (nSPS) is 16.6. The van der Waals surface area contributed by atoms with Crippen molar-refractivity contribution in [3.05, 3.63) is 130 Å². The molecule has 1 heterocycles. The maximum atomic E-state index is 5.23. The van der Waals surface area contributed by atoms with Gasteiger partial charge in [-0.3, -0.25) is 5.01 Å². The molecular formula is C33H35N3. The Morgan fingerprint density at radius 2 is 1.36 bits per heavy atom. The zero-order valence-corrected chi connectivity index (χ0v) is 21.9. The first-order chi connectivity index (χ1) is 17.3. The Bertz CT molecular complexity index is 1350. The molecular weight excluding hydrogens is 438 g/mol. The molecule has 0 fully saturated rings. The van der Waals surface area contributed by atoms with Crippen LogP contribution in [0.25, 0.3) is 0 Å². The van der Waals surface area contributed by atoms with E-state index in [0.717, 1.165) is 17.9 Å². The first kappa shape index (κ1) is 23.9. The lowest BCUT2D eigenvalue weighted by molar-refractivity contribution is 0.425. The molecule has 1 aliphatic heterocycles. The van der Waals surface area contributed by atoms with Crippen molar-refractivity contribution in [1.29, 1.82) is 0 Å². The molecule has 3 heteroatoms. The van der Waals surface area contributed by atoms with Crippen LogP contribution in [0.4, 0.5) is 11.4 Å². The summed E-state index contributed by atoms with van der Waals surface area (Å²) in [7, 11) is 0. The van der Waals surface area contributed by atoms with Gasteiger partial charge in [0.15, 0.2) is 0 Å². The second kappa shape index (κ2) is 9.66. The summed E-state index contributed by atoms with van der Waals surface area (Å²) < 4.78 is 0. The third-order valence-corrected chi connectivity index (χ3v) is 7.26. The third kappa shape index (κ3) is 4.54. The van der Waals surface area contributed by atoms with E-state index in [4.69, 9.17) is 5.10 Å². The van der Waals surface area contributed by atoms with Gasteiger partial charge in [0.1, 0.15) is 0 Å². The molecule has 1 atom stereocenters. The molecule has 5 rings (SSSR count). The highest BCUT2D eigenvalue weighted by atomic mass is 15.5. The second-order valence-corrected chi connectivity index (χ2v) is 10.5. The van der Waals surface area contributed by atoms with Gasteiger partial charge >= 0.3 is 0 Å². The highest BCUT2D eigenvalue weighted by Crippen LogP contribution is 2.48. The van der Waals surface area contributed by atoms with Crippen molar-refractivity contribution in [3.8, 4) is 0 Å². The van der Waals surface area contributed by atoms with E-state index in [2.05, 4.69) is 142 Å². The maximum Gasteiger partial charge on any atom is 0.0882 e. The summed E-state index contributed by atoms with van der Waals surface area (Å²) in [6, 6.07) is 34.7. The van der Waals surface area contributed by atoms with Gasteiger partial charge in [0.2, 0.25) is 0 Å². The first-order valence-corrected chi connectivity index (χ1v) is 12.7. The predicted octanol–water partition coefficient (Wildman–Crippen LogP) is 8.22. The topological polar surface area (TPSA) is 27.6 Å². The summed E-state index contributed by atoms with van der Waals surface area (Å²) in [5, 5.41) is 11.1. The average Bonchev–Trinajstić information content (AvgIpc) is 3.15. The lowest BCUT2D eigenvalue weighted by Gasteiger charge is -2.33. The third-order valence-electron chi connectivity index (χ3n) is 7.26. The second-order valence-electron chi connectivity index (χ2n) is 10.5. The van der Waals surface area contributed by atoms with E-state index >= 15 is 0 Å². The number of nitrogens with one attached hydrogen (secondary N) is 1. The van der Waals surface area contributed by atoms with Gasteiger partial charge in [-0.1, -0.05) is 104 Å². The summed E-state index contributed by atoms with van der Waals surface area (Å²) in [5.74, 6) is 0. The molecule has 0 spiro atoms. The van der Waals surface area contributed by atoms with Crippen LogP contribution in [-0.2, 0) is 6.54 Å². The molecule has 3 nitrogen and oxygen atoms in total. The van der Waals surface area contributed by atoms with Gasteiger partial charge in [-0.15, -0.1) is 0 Å². The molecule has 4 aromatic carbocycles. The summed E-state index contributed by atoms with van der Waals surface area (Å²) in [5.41, 5.74) is 10.9. The monoisotopic (exact) mass is 473 g/mol. The van der Waals surface area contributed by atoms with Crippen LogP contribution in [0.5, 0.6) is 0 Å². The SMILES string of the molecule is Cc1cc(C)c(NCc2ccc(N3N=C(c4ccccc4)C(C)(C)[C@@H]3c3ccccc3)cc2)c(C)c1. The smallest absolute Gasteiger partial charge is 0.0882 e. The van der Waals surface area contributed by atoms with E-state index in [0.29, 0.717) is 0 Å². The average molecular weight is 474 g/mol. The molecule has 0 radical (unpaired) electrons. The molecule has 0 saturated heterocycles. The Labute approximate surface area is 215 Å². The van der Waals surface area contributed by atoms with Crippen LogP contribution >= 0.6 is 0 Å². The molecule has 0 amide bonds. The zero-order chi connectivity index (χ0) is 25.3. The van der Waals surface area contributed by atoms with Gasteiger partial charge in [-0.2, -0.15) is 5.10 Å². The van der Waals surface area contributed by atoms with Gasteiger partial charge in [-0.05, 0) is 60.7 Å². The van der Waals surface area contributed by atoms with Crippen LogP contribution in [0.15, 0.2) is 102 Å². The van der Waals surface area contributed by atoms with Crippen LogP contribution in [0.3, 0.4) is 0 Å². The van der Waals surface area contributed by atoms with Crippen molar-refractivity contribution >= 4 is 17.1 Å². The molecule has 0 saturated carbocycles. The molecule has 0 bridgehead atoms. The van der Waals surface area contributed by atoms with Gasteiger partial charge < -0.3 is 5.32 Å². The lowest BCUT2D eigenvalue weighted by atomic mass is 9.75. The minimum Gasteiger partial charge on any atom is -0.381 e. The fourth-order valence-corrected chi connectivity index (χ4v) is 5.57. The molecule has 1 N–H and O–H groups in total. The summed E-state index contributed by atoms with van der Waals surface area (Å²) in [6.45, 7) is 11.9. The van der Waals surface area contributed by atoms with Crippen LogP contribution in [0, 0.1) is 26.2 Å². The standard InChI is InChI=1S/C33H35N3/c1-23-20-24(2)30(25(3)21-23)34-22-26-16-18-29(19-17-26)36-32(28-14-10-7-11-15-28)33(4,5)31(35-36)27-12-8-6-9-13-27/h6-21,32,34H,22H2,1-5H3/t32-/m0/s1. The highest BCUT2D eigenvalue weighted by molar-refractivity contribution is 6.07. The lowest BCUT2D eigenvalue weighted by Crippen LogP contribution is -2.32. The minimum atomic E-state index is -0.163. The van der Waals surface area contributed by atoms with Crippen molar-refractivity contribution < 1.29 is 0 Å². The van der Waals surface area contributed by atoms with E-state index < -0.39 is 0 Å². The summed E-state index contributed by atoms with van der Waals surface area (Å²) >= 11 is 0. The minimum absolute atomic E-state index is 0.107. The van der Waals surface area contributed by atoms with Gasteiger partial charge in [-0.25, -0.2) is 0 Å². The molecule has 0 aromatic heterocycles. The molecule has 0 unspecified atom stereocenters. The number of hydrogen-bond donors (Lipinski definition) is 1. The fraction of sp³-hybridized carbons (Fsp3) is 0.242. The summed E-state index contributed by atoms with van der Waals surface area (Å²) in [4.78, 5) is 0. The number of rotatable bonds is 6. The van der Waals surface area contributed by atoms with E-state index in [-0.39, 0.29) is 11.5 Å². The molecule has 0 aliphatic carbocycles. The van der Waals surface area contributed by atoms with Gasteiger partial charge in [0.05, 0.1) is 17.4 Å². The quantitative estimate of drug-likeness (QED) is 0.305. The molecule has 36 heavy (non-hydrogen) atoms. The number of hydrogen-bond acceptors (Lipinski definition) is 3.